The van der Waals surface area contributed by atoms with Crippen molar-refractivity contribution in [2.24, 2.45) is 0 Å². The van der Waals surface area contributed by atoms with Gasteiger partial charge >= 0.3 is 5.97 Å². The molecule has 0 amide bonds. The van der Waals surface area contributed by atoms with Crippen molar-refractivity contribution in [3.63, 3.8) is 0 Å². The molecule has 0 saturated carbocycles. The number of esters is 1. The Morgan fingerprint density at radius 2 is 1.86 bits per heavy atom. The van der Waals surface area contributed by atoms with Crippen LogP contribution in [0, 0.1) is 6.92 Å². The van der Waals surface area contributed by atoms with E-state index in [2.05, 4.69) is 10.6 Å². The Kier molecular flexibility index (Phi) is 8.88. The number of fused-ring (bicyclic) bond motifs is 3. The molecule has 8 nitrogen and oxygen atoms in total. The number of aryl methyl sites for hydroxylation is 1. The molecule has 3 atom stereocenters. The van der Waals surface area contributed by atoms with Gasteiger partial charge in [-0.3, -0.25) is 4.79 Å². The van der Waals surface area contributed by atoms with Crippen molar-refractivity contribution in [2.45, 2.75) is 31.6 Å². The maximum Gasteiger partial charge on any atom is 0.310 e. The lowest BCUT2D eigenvalue weighted by molar-refractivity contribution is -0.160. The highest BCUT2D eigenvalue weighted by Gasteiger charge is 2.42. The molecule has 3 aromatic heterocycles. The molecule has 222 valence electrons. The first kappa shape index (κ1) is 29.5. The number of thiophene rings is 1. The number of para-hydroxylation sites is 1. The van der Waals surface area contributed by atoms with Gasteiger partial charge in [0.1, 0.15) is 6.10 Å². The molecule has 43 heavy (non-hydrogen) atoms. The summed E-state index contributed by atoms with van der Waals surface area (Å²) in [5.41, 5.74) is 6.46. The second-order valence-corrected chi connectivity index (χ2v) is 11.8. The molecule has 0 fully saturated rings. The van der Waals surface area contributed by atoms with Crippen LogP contribution in [0.5, 0.6) is 0 Å². The van der Waals surface area contributed by atoms with Crippen molar-refractivity contribution in [3.8, 4) is 0 Å². The van der Waals surface area contributed by atoms with E-state index in [1.807, 2.05) is 70.9 Å². The highest BCUT2D eigenvalue weighted by atomic mass is 35.5. The minimum Gasteiger partial charge on any atom is -0.456 e. The van der Waals surface area contributed by atoms with Gasteiger partial charge in [-0.2, -0.15) is 0 Å². The molecular formula is C32H30Cl2N4O4S. The maximum absolute atomic E-state index is 13.7. The van der Waals surface area contributed by atoms with Crippen LogP contribution < -0.4 is 10.6 Å². The molecule has 0 saturated heterocycles. The Labute approximate surface area is 263 Å². The molecule has 11 heteroatoms. The summed E-state index contributed by atoms with van der Waals surface area (Å²) in [7, 11) is 1.63. The quantitative estimate of drug-likeness (QED) is 0.120. The monoisotopic (exact) mass is 636 g/mol. The number of carbonyl (C=O) groups excluding carboxylic acids is 1. The number of ether oxygens (including phenoxy) is 3. The summed E-state index contributed by atoms with van der Waals surface area (Å²) in [5.74, 6) is -0.388. The molecule has 0 spiro atoms. The summed E-state index contributed by atoms with van der Waals surface area (Å²) in [4.78, 5) is 18.4. The molecule has 1 aliphatic heterocycles. The number of nitrogens with one attached hydrogen (secondary N) is 2. The largest absolute Gasteiger partial charge is 0.456 e. The van der Waals surface area contributed by atoms with Gasteiger partial charge in [0.05, 0.1) is 58.5 Å². The van der Waals surface area contributed by atoms with Crippen LogP contribution in [-0.2, 0) is 25.4 Å². The van der Waals surface area contributed by atoms with Gasteiger partial charge in [0, 0.05) is 30.4 Å². The molecule has 0 bridgehead atoms. The Balaban J connectivity index is 1.33. The Morgan fingerprint density at radius 1 is 1.07 bits per heavy atom. The Bertz CT molecular complexity index is 1720. The van der Waals surface area contributed by atoms with E-state index in [1.165, 1.54) is 11.3 Å². The number of imidazole rings is 1. The first-order valence-electron chi connectivity index (χ1n) is 13.8. The van der Waals surface area contributed by atoms with Crippen LogP contribution >= 0.6 is 34.5 Å². The second kappa shape index (κ2) is 13.0. The van der Waals surface area contributed by atoms with E-state index in [4.69, 9.17) is 42.4 Å². The van der Waals surface area contributed by atoms with Crippen molar-refractivity contribution < 1.29 is 19.0 Å². The standard InChI is InChI=1S/C32H30Cl2N4O4S/c1-19-16-38-12-11-22-28(32(38)35-19)37-27(20-7-4-3-5-8-20)31(30(22)41-14-13-40-2)42-26(39)15-21-17-43-18-25(21)36-29-23(33)9-6-10-24(29)34/h3-12,16-18,27,30-31,36-37H,13-15H2,1-2H3/t27-,30-,31-/m1/s1. The first-order valence-corrected chi connectivity index (χ1v) is 15.5. The van der Waals surface area contributed by atoms with Crippen molar-refractivity contribution in [3.05, 3.63) is 110 Å². The third kappa shape index (κ3) is 6.23. The third-order valence-electron chi connectivity index (χ3n) is 7.32. The van der Waals surface area contributed by atoms with Crippen LogP contribution in [0.15, 0.2) is 77.8 Å². The van der Waals surface area contributed by atoms with Crippen molar-refractivity contribution in [1.82, 2.24) is 9.38 Å². The van der Waals surface area contributed by atoms with Crippen LogP contribution in [0.4, 0.5) is 17.1 Å². The molecule has 4 heterocycles. The molecule has 1 aliphatic rings. The fourth-order valence-electron chi connectivity index (χ4n) is 5.34. The topological polar surface area (TPSA) is 86.1 Å². The Morgan fingerprint density at radius 3 is 2.63 bits per heavy atom. The molecule has 5 aromatic rings. The number of benzene rings is 2. The van der Waals surface area contributed by atoms with E-state index in [1.54, 1.807) is 25.3 Å². The predicted octanol–water partition coefficient (Wildman–Crippen LogP) is 7.78. The molecule has 6 rings (SSSR count). The molecule has 2 aromatic carbocycles. The molecule has 0 radical (unpaired) electrons. The number of pyridine rings is 1. The van der Waals surface area contributed by atoms with Gasteiger partial charge in [-0.05, 0) is 41.6 Å². The normalized spacial score (nSPS) is 17.8. The summed E-state index contributed by atoms with van der Waals surface area (Å²) in [6.07, 6.45) is 2.73. The first-order chi connectivity index (χ1) is 20.9. The summed E-state index contributed by atoms with van der Waals surface area (Å²) >= 11 is 14.2. The number of nitrogens with zero attached hydrogens (tertiary/aromatic N) is 2. The van der Waals surface area contributed by atoms with Gasteiger partial charge in [-0.25, -0.2) is 4.98 Å². The van der Waals surface area contributed by atoms with Gasteiger partial charge in [0.2, 0.25) is 0 Å². The number of halogens is 2. The number of hydrogen-bond acceptors (Lipinski definition) is 8. The van der Waals surface area contributed by atoms with Crippen LogP contribution in [0.2, 0.25) is 10.0 Å². The summed E-state index contributed by atoms with van der Waals surface area (Å²) in [5, 5.41) is 11.7. The SMILES string of the molecule is COCCO[C@@H]1c2ccn3cc(C)nc3c2N[C@H](c2ccccc2)[C@H]1OC(=O)Cc1cscc1Nc1c(Cl)cccc1Cl. The van der Waals surface area contributed by atoms with E-state index in [0.717, 1.165) is 39.4 Å². The van der Waals surface area contributed by atoms with Crippen LogP contribution in [0.1, 0.15) is 34.5 Å². The van der Waals surface area contributed by atoms with Gasteiger partial charge in [0.25, 0.3) is 0 Å². The molecular weight excluding hydrogens is 607 g/mol. The predicted molar refractivity (Wildman–Crippen MR) is 171 cm³/mol. The zero-order valence-electron chi connectivity index (χ0n) is 23.6. The fraction of sp³-hybridized carbons (Fsp3) is 0.250. The summed E-state index contributed by atoms with van der Waals surface area (Å²) in [6.45, 7) is 2.68. The van der Waals surface area contributed by atoms with Gasteiger partial charge in [-0.1, -0.05) is 59.6 Å². The highest BCUT2D eigenvalue weighted by molar-refractivity contribution is 7.08. The third-order valence-corrected chi connectivity index (χ3v) is 8.75. The van der Waals surface area contributed by atoms with Gasteiger partial charge in [-0.15, -0.1) is 11.3 Å². The minimum atomic E-state index is -0.675. The lowest BCUT2D eigenvalue weighted by Crippen LogP contribution is -2.41. The smallest absolute Gasteiger partial charge is 0.310 e. The van der Waals surface area contributed by atoms with Gasteiger partial charge in [0.15, 0.2) is 11.8 Å². The van der Waals surface area contributed by atoms with Crippen LogP contribution in [0.25, 0.3) is 5.65 Å². The number of carbonyl (C=O) groups is 1. The van der Waals surface area contributed by atoms with E-state index in [9.17, 15) is 4.79 Å². The van der Waals surface area contributed by atoms with Crippen LogP contribution in [0.3, 0.4) is 0 Å². The summed E-state index contributed by atoms with van der Waals surface area (Å²) < 4.78 is 20.0. The Hall–Kier alpha value is -3.60. The molecule has 0 aliphatic carbocycles. The molecule has 0 unspecified atom stereocenters. The lowest BCUT2D eigenvalue weighted by Gasteiger charge is -2.40. The minimum absolute atomic E-state index is 0.0437. The molecule has 2 N–H and O–H groups in total. The average Bonchev–Trinajstić information content (AvgIpc) is 3.61. The number of hydrogen-bond donors (Lipinski definition) is 2. The van der Waals surface area contributed by atoms with Crippen molar-refractivity contribution >= 4 is 63.2 Å². The second-order valence-electron chi connectivity index (χ2n) is 10.2. The van der Waals surface area contributed by atoms with E-state index in [0.29, 0.717) is 28.9 Å². The van der Waals surface area contributed by atoms with Crippen molar-refractivity contribution in [2.75, 3.05) is 31.0 Å². The lowest BCUT2D eigenvalue weighted by atomic mass is 9.88. The van der Waals surface area contributed by atoms with E-state index in [-0.39, 0.29) is 12.4 Å². The fourth-order valence-corrected chi connectivity index (χ4v) is 6.62. The number of methoxy groups -OCH3 is 1. The maximum atomic E-state index is 13.7. The summed E-state index contributed by atoms with van der Waals surface area (Å²) in [6, 6.07) is 16.8. The zero-order valence-corrected chi connectivity index (χ0v) is 25.9. The average molecular weight is 638 g/mol. The number of aromatic nitrogens is 2. The van der Waals surface area contributed by atoms with E-state index < -0.39 is 18.2 Å². The zero-order chi connectivity index (χ0) is 29.9. The van der Waals surface area contributed by atoms with Crippen molar-refractivity contribution in [1.29, 1.82) is 0 Å². The number of rotatable bonds is 10. The van der Waals surface area contributed by atoms with Crippen LogP contribution in [-0.4, -0.2) is 41.8 Å². The van der Waals surface area contributed by atoms with E-state index >= 15 is 0 Å². The number of anilines is 3. The highest BCUT2D eigenvalue weighted by Crippen LogP contribution is 2.44. The van der Waals surface area contributed by atoms with Gasteiger partial charge < -0.3 is 29.2 Å².